The highest BCUT2D eigenvalue weighted by Gasteiger charge is 2.21. The third-order valence-corrected chi connectivity index (χ3v) is 11.6. The molecule has 11 aromatic rings. The van der Waals surface area contributed by atoms with Gasteiger partial charge in [0.2, 0.25) is 0 Å². The molecule has 0 aliphatic rings. The van der Waals surface area contributed by atoms with Crippen molar-refractivity contribution in [3.05, 3.63) is 182 Å². The minimum atomic E-state index is 1.15. The van der Waals surface area contributed by atoms with Crippen LogP contribution in [0.25, 0.3) is 97.4 Å². The number of fused-ring (bicyclic) bond motifs is 10. The molecule has 0 fully saturated rings. The van der Waals surface area contributed by atoms with Gasteiger partial charge in [0.1, 0.15) is 0 Å². The first-order valence-electron chi connectivity index (χ1n) is 17.4. The number of benzene rings is 8. The average Bonchev–Trinajstić information content (AvgIpc) is 3.85. The summed E-state index contributed by atoms with van der Waals surface area (Å²) in [6, 6.07) is 66.6. The Morgan fingerprint density at radius 1 is 0.314 bits per heavy atom. The molecule has 3 heterocycles. The van der Waals surface area contributed by atoms with Crippen molar-refractivity contribution in [2.45, 2.75) is 0 Å². The average molecular weight is 667 g/mol. The van der Waals surface area contributed by atoms with Crippen molar-refractivity contribution in [1.29, 1.82) is 0 Å². The van der Waals surface area contributed by atoms with Crippen LogP contribution in [0.4, 0.5) is 0 Å². The molecule has 0 bridgehead atoms. The first kappa shape index (κ1) is 28.4. The number of hydrogen-bond donors (Lipinski definition) is 0. The SMILES string of the molecule is c1ccc(-c2cccc(-c3ccc(-n4c5ccccc5c5cc6c7ccc8sc9ccccc9c8c7n(-c7ccccc7)c6cc54)cc3)c2)cc1. The number of nitrogens with zero attached hydrogens (tertiary/aromatic N) is 2. The largest absolute Gasteiger partial charge is 0.309 e. The van der Waals surface area contributed by atoms with E-state index in [0.717, 1.165) is 5.69 Å². The highest BCUT2D eigenvalue weighted by atomic mass is 32.1. The maximum atomic E-state index is 2.50. The second-order valence-electron chi connectivity index (χ2n) is 13.3. The Bertz CT molecular complexity index is 3110. The van der Waals surface area contributed by atoms with Crippen LogP contribution in [0.1, 0.15) is 0 Å². The highest BCUT2D eigenvalue weighted by Crippen LogP contribution is 2.45. The zero-order valence-corrected chi connectivity index (χ0v) is 28.4. The van der Waals surface area contributed by atoms with Gasteiger partial charge in [0, 0.05) is 53.1 Å². The summed E-state index contributed by atoms with van der Waals surface area (Å²) in [7, 11) is 0. The summed E-state index contributed by atoms with van der Waals surface area (Å²) in [5.74, 6) is 0. The van der Waals surface area contributed by atoms with E-state index in [-0.39, 0.29) is 0 Å². The molecule has 0 spiro atoms. The summed E-state index contributed by atoms with van der Waals surface area (Å²) in [4.78, 5) is 0. The molecule has 0 atom stereocenters. The van der Waals surface area contributed by atoms with Crippen molar-refractivity contribution in [1.82, 2.24) is 9.13 Å². The van der Waals surface area contributed by atoms with Gasteiger partial charge in [-0.05, 0) is 82.9 Å². The van der Waals surface area contributed by atoms with Gasteiger partial charge in [-0.2, -0.15) is 0 Å². The first-order valence-corrected chi connectivity index (χ1v) is 18.3. The number of para-hydroxylation sites is 2. The molecule has 238 valence electrons. The number of aromatic nitrogens is 2. The van der Waals surface area contributed by atoms with Gasteiger partial charge in [-0.3, -0.25) is 0 Å². The van der Waals surface area contributed by atoms with Crippen molar-refractivity contribution in [3.8, 4) is 33.6 Å². The lowest BCUT2D eigenvalue weighted by Crippen LogP contribution is -1.96. The second kappa shape index (κ2) is 11.0. The van der Waals surface area contributed by atoms with Gasteiger partial charge in [0.25, 0.3) is 0 Å². The molecule has 0 amide bonds. The minimum Gasteiger partial charge on any atom is -0.309 e. The summed E-state index contributed by atoms with van der Waals surface area (Å²) in [6.45, 7) is 0. The lowest BCUT2D eigenvalue weighted by molar-refractivity contribution is 1.17. The Kier molecular flexibility index (Phi) is 6.16. The standard InChI is InChI=1S/C48H30N2S/c1-3-12-31(13-4-1)33-14-11-15-34(28-33)32-22-24-36(25-23-32)49-42-20-9-7-18-37(42)40-29-41-38-26-27-46-47(39-19-8-10-21-45(39)51-46)48(38)50(44(41)30-43(40)49)35-16-5-2-6-17-35/h1-30H. The maximum Gasteiger partial charge on any atom is 0.0634 e. The van der Waals surface area contributed by atoms with E-state index in [4.69, 9.17) is 0 Å². The molecule has 0 radical (unpaired) electrons. The Labute approximate surface area is 298 Å². The number of thiophene rings is 1. The van der Waals surface area contributed by atoms with Gasteiger partial charge < -0.3 is 9.13 Å². The molecule has 0 saturated carbocycles. The van der Waals surface area contributed by atoms with Crippen LogP contribution in [0.3, 0.4) is 0 Å². The molecular weight excluding hydrogens is 637 g/mol. The van der Waals surface area contributed by atoms with Crippen molar-refractivity contribution in [2.24, 2.45) is 0 Å². The van der Waals surface area contributed by atoms with E-state index in [2.05, 4.69) is 191 Å². The van der Waals surface area contributed by atoms with E-state index >= 15 is 0 Å². The summed E-state index contributed by atoms with van der Waals surface area (Å²) >= 11 is 1.88. The smallest absolute Gasteiger partial charge is 0.0634 e. The number of rotatable bonds is 4. The predicted molar refractivity (Wildman–Crippen MR) is 219 cm³/mol. The van der Waals surface area contributed by atoms with Gasteiger partial charge in [-0.25, -0.2) is 0 Å². The van der Waals surface area contributed by atoms with Crippen molar-refractivity contribution in [3.63, 3.8) is 0 Å². The second-order valence-corrected chi connectivity index (χ2v) is 14.4. The van der Waals surface area contributed by atoms with E-state index in [0.29, 0.717) is 0 Å². The Hall–Kier alpha value is -6.42. The van der Waals surface area contributed by atoms with E-state index < -0.39 is 0 Å². The lowest BCUT2D eigenvalue weighted by atomic mass is 9.99. The molecule has 0 saturated heterocycles. The van der Waals surface area contributed by atoms with Crippen molar-refractivity contribution < 1.29 is 0 Å². The molecule has 3 heteroatoms. The predicted octanol–water partition coefficient (Wildman–Crippen LogP) is 13.6. The Morgan fingerprint density at radius 2 is 0.922 bits per heavy atom. The molecular formula is C48H30N2S. The first-order chi connectivity index (χ1) is 25.3. The van der Waals surface area contributed by atoms with Gasteiger partial charge in [0.15, 0.2) is 0 Å². The third kappa shape index (κ3) is 4.29. The molecule has 0 aliphatic heterocycles. The quantitative estimate of drug-likeness (QED) is 0.177. The highest BCUT2D eigenvalue weighted by molar-refractivity contribution is 7.26. The summed E-state index contributed by atoms with van der Waals surface area (Å²) in [6.07, 6.45) is 0. The van der Waals surface area contributed by atoms with Gasteiger partial charge in [-0.15, -0.1) is 11.3 Å². The molecule has 8 aromatic carbocycles. The zero-order valence-electron chi connectivity index (χ0n) is 27.6. The minimum absolute atomic E-state index is 1.15. The maximum absolute atomic E-state index is 2.50. The summed E-state index contributed by atoms with van der Waals surface area (Å²) in [5, 5.41) is 7.73. The van der Waals surface area contributed by atoms with E-state index in [1.165, 1.54) is 91.7 Å². The van der Waals surface area contributed by atoms with Crippen LogP contribution in [-0.4, -0.2) is 9.13 Å². The summed E-state index contributed by atoms with van der Waals surface area (Å²) < 4.78 is 7.58. The lowest BCUT2D eigenvalue weighted by Gasteiger charge is -2.12. The van der Waals surface area contributed by atoms with E-state index in [9.17, 15) is 0 Å². The monoisotopic (exact) mass is 666 g/mol. The fourth-order valence-electron chi connectivity index (χ4n) is 8.21. The van der Waals surface area contributed by atoms with Crippen LogP contribution in [0.5, 0.6) is 0 Å². The topological polar surface area (TPSA) is 9.86 Å². The normalized spacial score (nSPS) is 11.9. The fraction of sp³-hybridized carbons (Fsp3) is 0. The van der Waals surface area contributed by atoms with Crippen molar-refractivity contribution >= 4 is 75.1 Å². The Balaban J connectivity index is 1.17. The molecule has 51 heavy (non-hydrogen) atoms. The Morgan fingerprint density at radius 3 is 1.73 bits per heavy atom. The number of hydrogen-bond acceptors (Lipinski definition) is 1. The summed E-state index contributed by atoms with van der Waals surface area (Å²) in [5.41, 5.74) is 12.1. The van der Waals surface area contributed by atoms with Crippen LogP contribution in [0.2, 0.25) is 0 Å². The van der Waals surface area contributed by atoms with Crippen molar-refractivity contribution in [2.75, 3.05) is 0 Å². The molecule has 0 unspecified atom stereocenters. The van der Waals surface area contributed by atoms with Crippen LogP contribution in [0.15, 0.2) is 182 Å². The van der Waals surface area contributed by atoms with Crippen LogP contribution in [-0.2, 0) is 0 Å². The van der Waals surface area contributed by atoms with Gasteiger partial charge >= 0.3 is 0 Å². The molecule has 0 N–H and O–H groups in total. The van der Waals surface area contributed by atoms with E-state index in [1.54, 1.807) is 0 Å². The van der Waals surface area contributed by atoms with E-state index in [1.807, 2.05) is 11.3 Å². The van der Waals surface area contributed by atoms with Crippen LogP contribution in [0, 0.1) is 0 Å². The molecule has 2 nitrogen and oxygen atoms in total. The molecule has 0 aliphatic carbocycles. The van der Waals surface area contributed by atoms with Gasteiger partial charge in [0.05, 0.1) is 22.1 Å². The van der Waals surface area contributed by atoms with Crippen LogP contribution < -0.4 is 0 Å². The van der Waals surface area contributed by atoms with Gasteiger partial charge in [-0.1, -0.05) is 121 Å². The molecule has 3 aromatic heterocycles. The third-order valence-electron chi connectivity index (χ3n) is 10.5. The van der Waals surface area contributed by atoms with Crippen LogP contribution >= 0.6 is 11.3 Å². The fourth-order valence-corrected chi connectivity index (χ4v) is 9.32. The zero-order chi connectivity index (χ0) is 33.5. The molecule has 11 rings (SSSR count).